The molecule has 1 fully saturated rings. The Hall–Kier alpha value is -4.10. The van der Waals surface area contributed by atoms with E-state index in [0.717, 1.165) is 0 Å². The molecule has 1 saturated heterocycles. The highest BCUT2D eigenvalue weighted by atomic mass is 35.5. The number of esters is 1. The maximum atomic E-state index is 13.4. The molecular weight excluding hydrogens is 639 g/mol. The van der Waals surface area contributed by atoms with Gasteiger partial charge in [0.2, 0.25) is 16.0 Å². The van der Waals surface area contributed by atoms with E-state index < -0.39 is 21.9 Å². The van der Waals surface area contributed by atoms with Crippen LogP contribution in [0.15, 0.2) is 78.1 Å². The van der Waals surface area contributed by atoms with Crippen molar-refractivity contribution in [2.45, 2.75) is 25.7 Å². The number of aromatic nitrogens is 3. The number of anilines is 2. The first-order chi connectivity index (χ1) is 21.7. The van der Waals surface area contributed by atoms with Gasteiger partial charge in [-0.1, -0.05) is 43.1 Å². The molecule has 2 aromatic heterocycles. The lowest BCUT2D eigenvalue weighted by Crippen LogP contribution is -2.49. The number of carbonyl (C=O) groups is 2. The number of hydrogen-bond acceptors (Lipinski definition) is 9. The SMILES string of the molecule is CC.CCOC(=O)c1cnc(N2CCN(S(=O)(=O)c3ccc(C(=O)Nc4ccc(Cl)c(-c5ccccn5)c4)c(Cl)c3)CC2)nc1. The van der Waals surface area contributed by atoms with E-state index in [1.54, 1.807) is 43.5 Å². The number of nitrogens with zero attached hydrogens (tertiary/aromatic N) is 5. The van der Waals surface area contributed by atoms with Gasteiger partial charge < -0.3 is 15.0 Å². The van der Waals surface area contributed by atoms with Gasteiger partial charge in [-0.3, -0.25) is 9.78 Å². The van der Waals surface area contributed by atoms with Crippen LogP contribution in [0, 0.1) is 0 Å². The Balaban J connectivity index is 0.00000226. The molecule has 45 heavy (non-hydrogen) atoms. The summed E-state index contributed by atoms with van der Waals surface area (Å²) in [6.45, 7) is 7.00. The summed E-state index contributed by atoms with van der Waals surface area (Å²) in [4.78, 5) is 39.4. The van der Waals surface area contributed by atoms with Crippen molar-refractivity contribution in [2.24, 2.45) is 0 Å². The lowest BCUT2D eigenvalue weighted by atomic mass is 10.1. The van der Waals surface area contributed by atoms with E-state index in [1.165, 1.54) is 34.9 Å². The number of pyridine rings is 1. The summed E-state index contributed by atoms with van der Waals surface area (Å²) < 4.78 is 33.1. The third-order valence-corrected chi connectivity index (χ3v) is 9.20. The number of carbonyl (C=O) groups excluding carboxylic acids is 2. The van der Waals surface area contributed by atoms with Crippen molar-refractivity contribution in [1.29, 1.82) is 0 Å². The van der Waals surface area contributed by atoms with Crippen LogP contribution >= 0.6 is 23.2 Å². The number of piperazine rings is 1. The van der Waals surface area contributed by atoms with E-state index in [1.807, 2.05) is 24.8 Å². The minimum atomic E-state index is -3.89. The normalized spacial score (nSPS) is 13.4. The smallest absolute Gasteiger partial charge is 0.341 e. The van der Waals surface area contributed by atoms with Crippen LogP contribution in [-0.4, -0.2) is 72.3 Å². The molecule has 1 amide bonds. The molecule has 0 bridgehead atoms. The number of amides is 1. The van der Waals surface area contributed by atoms with Crippen molar-refractivity contribution in [2.75, 3.05) is 43.0 Å². The van der Waals surface area contributed by atoms with Crippen LogP contribution in [-0.2, 0) is 14.8 Å². The van der Waals surface area contributed by atoms with Gasteiger partial charge in [-0.05, 0) is 55.5 Å². The van der Waals surface area contributed by atoms with Crippen LogP contribution in [0.3, 0.4) is 0 Å². The zero-order valence-electron chi connectivity index (χ0n) is 24.9. The number of halogens is 2. The van der Waals surface area contributed by atoms with Crippen LogP contribution in [0.25, 0.3) is 11.3 Å². The van der Waals surface area contributed by atoms with Crippen LogP contribution in [0.5, 0.6) is 0 Å². The van der Waals surface area contributed by atoms with Gasteiger partial charge in [-0.25, -0.2) is 23.2 Å². The van der Waals surface area contributed by atoms with Gasteiger partial charge in [0.1, 0.15) is 0 Å². The molecular formula is C31H32Cl2N6O5S. The largest absolute Gasteiger partial charge is 0.462 e. The van der Waals surface area contributed by atoms with Gasteiger partial charge >= 0.3 is 5.97 Å². The quantitative estimate of drug-likeness (QED) is 0.230. The highest BCUT2D eigenvalue weighted by molar-refractivity contribution is 7.89. The van der Waals surface area contributed by atoms with Gasteiger partial charge in [0.25, 0.3) is 5.91 Å². The molecule has 1 aliphatic rings. The number of rotatable bonds is 8. The molecule has 0 aliphatic carbocycles. The summed E-state index contributed by atoms with van der Waals surface area (Å²) in [6, 6.07) is 14.5. The number of hydrogen-bond donors (Lipinski definition) is 1. The van der Waals surface area contributed by atoms with Gasteiger partial charge in [0.05, 0.1) is 38.4 Å². The molecule has 14 heteroatoms. The van der Waals surface area contributed by atoms with E-state index in [0.29, 0.717) is 41.0 Å². The minimum Gasteiger partial charge on any atom is -0.462 e. The third-order valence-electron chi connectivity index (χ3n) is 6.66. The zero-order chi connectivity index (χ0) is 32.6. The molecule has 0 atom stereocenters. The van der Waals surface area contributed by atoms with E-state index in [9.17, 15) is 18.0 Å². The summed E-state index contributed by atoms with van der Waals surface area (Å²) in [5, 5.41) is 3.25. The first kappa shape index (κ1) is 33.8. The molecule has 236 valence electrons. The van der Waals surface area contributed by atoms with E-state index in [4.69, 9.17) is 27.9 Å². The number of ether oxygens (including phenoxy) is 1. The van der Waals surface area contributed by atoms with Crippen LogP contribution < -0.4 is 10.2 Å². The lowest BCUT2D eigenvalue weighted by molar-refractivity contribution is 0.0525. The summed E-state index contributed by atoms with van der Waals surface area (Å²) in [7, 11) is -3.89. The highest BCUT2D eigenvalue weighted by Gasteiger charge is 2.30. The van der Waals surface area contributed by atoms with Crippen molar-refractivity contribution in [1.82, 2.24) is 19.3 Å². The standard InChI is InChI=1S/C29H26Cl2N6O5S.C2H6/c1-2-42-28(39)19-17-33-29(34-18-19)36-11-13-37(14-12-36)43(40,41)21-7-8-22(25(31)16-21)27(38)35-20-6-9-24(30)23(15-20)26-5-3-4-10-32-26;1-2/h3-10,15-18H,2,11-14H2,1H3,(H,35,38);1-2H3. The molecule has 3 heterocycles. The first-order valence-electron chi connectivity index (χ1n) is 14.2. The molecule has 5 rings (SSSR count). The fourth-order valence-electron chi connectivity index (χ4n) is 4.44. The third kappa shape index (κ3) is 7.95. The Morgan fingerprint density at radius 1 is 0.911 bits per heavy atom. The number of nitrogens with one attached hydrogen (secondary N) is 1. The first-order valence-corrected chi connectivity index (χ1v) is 16.4. The molecule has 2 aromatic carbocycles. The maximum Gasteiger partial charge on any atom is 0.341 e. The van der Waals surface area contributed by atoms with Crippen molar-refractivity contribution < 1.29 is 22.7 Å². The predicted molar refractivity (Wildman–Crippen MR) is 174 cm³/mol. The molecule has 0 unspecified atom stereocenters. The second kappa shape index (κ2) is 15.3. The average molecular weight is 672 g/mol. The van der Waals surface area contributed by atoms with Crippen molar-refractivity contribution in [3.05, 3.63) is 94.4 Å². The average Bonchev–Trinajstić information content (AvgIpc) is 3.07. The number of sulfonamides is 1. The zero-order valence-corrected chi connectivity index (χ0v) is 27.2. The molecule has 4 aromatic rings. The van der Waals surface area contributed by atoms with Crippen molar-refractivity contribution >= 4 is 56.7 Å². The highest BCUT2D eigenvalue weighted by Crippen LogP contribution is 2.30. The van der Waals surface area contributed by atoms with Gasteiger partial charge in [0, 0.05) is 56.0 Å². The second-order valence-corrected chi connectivity index (χ2v) is 12.1. The predicted octanol–water partition coefficient (Wildman–Crippen LogP) is 5.81. The Bertz CT molecular complexity index is 1750. The summed E-state index contributed by atoms with van der Waals surface area (Å²) in [6.07, 6.45) is 4.42. The molecule has 0 saturated carbocycles. The van der Waals surface area contributed by atoms with Gasteiger partial charge in [-0.15, -0.1) is 0 Å². The van der Waals surface area contributed by atoms with E-state index in [2.05, 4.69) is 20.3 Å². The van der Waals surface area contributed by atoms with Crippen molar-refractivity contribution in [3.63, 3.8) is 0 Å². The van der Waals surface area contributed by atoms with E-state index in [-0.39, 0.29) is 40.7 Å². The van der Waals surface area contributed by atoms with Crippen molar-refractivity contribution in [3.8, 4) is 11.3 Å². The van der Waals surface area contributed by atoms with Crippen LogP contribution in [0.1, 0.15) is 41.5 Å². The maximum absolute atomic E-state index is 13.4. The van der Waals surface area contributed by atoms with Gasteiger partial charge in [-0.2, -0.15) is 4.31 Å². The van der Waals surface area contributed by atoms with Gasteiger partial charge in [0.15, 0.2) is 0 Å². The van der Waals surface area contributed by atoms with E-state index >= 15 is 0 Å². The summed E-state index contributed by atoms with van der Waals surface area (Å²) >= 11 is 12.8. The monoisotopic (exact) mass is 670 g/mol. The second-order valence-electron chi connectivity index (χ2n) is 9.39. The molecule has 1 aliphatic heterocycles. The molecule has 1 N–H and O–H groups in total. The Labute approximate surface area is 272 Å². The lowest BCUT2D eigenvalue weighted by Gasteiger charge is -2.34. The Kier molecular flexibility index (Phi) is 11.5. The summed E-state index contributed by atoms with van der Waals surface area (Å²) in [5.74, 6) is -0.631. The number of benzene rings is 2. The van der Waals surface area contributed by atoms with Crippen LogP contribution in [0.2, 0.25) is 10.0 Å². The van der Waals surface area contributed by atoms with Crippen LogP contribution in [0.4, 0.5) is 11.6 Å². The Morgan fingerprint density at radius 3 is 2.24 bits per heavy atom. The fraction of sp³-hybridized carbons (Fsp3) is 0.258. The Morgan fingerprint density at radius 2 is 1.62 bits per heavy atom. The fourth-order valence-corrected chi connectivity index (χ4v) is 6.44. The topological polar surface area (TPSA) is 135 Å². The minimum absolute atomic E-state index is 0.00814. The molecule has 11 nitrogen and oxygen atoms in total. The molecule has 0 spiro atoms. The molecule has 0 radical (unpaired) electrons. The summed E-state index contributed by atoms with van der Waals surface area (Å²) in [5.41, 5.74) is 2.12.